The number of hydrogen-bond acceptors (Lipinski definition) is 4. The van der Waals surface area contributed by atoms with Crippen LogP contribution in [0.1, 0.15) is 5.89 Å². The Morgan fingerprint density at radius 2 is 2.07 bits per heavy atom. The van der Waals surface area contributed by atoms with Gasteiger partial charge >= 0.3 is 0 Å². The fourth-order valence-electron chi connectivity index (χ4n) is 1.06. The first-order chi connectivity index (χ1) is 6.81. The van der Waals surface area contributed by atoms with Crippen LogP contribution >= 0.6 is 28.6 Å². The Labute approximate surface area is 95.1 Å². The van der Waals surface area contributed by atoms with E-state index < -0.39 is 0 Å². The molecule has 72 valence electrons. The average Bonchev–Trinajstić information content (AvgIpc) is 2.67. The van der Waals surface area contributed by atoms with Gasteiger partial charge in [0.2, 0.25) is 11.8 Å². The van der Waals surface area contributed by atoms with E-state index in [0.717, 1.165) is 10.0 Å². The lowest BCUT2D eigenvalue weighted by atomic mass is 10.2. The van der Waals surface area contributed by atoms with Crippen molar-refractivity contribution in [2.75, 3.05) is 0 Å². The molecule has 3 nitrogen and oxygen atoms in total. The molecule has 0 saturated heterocycles. The summed E-state index contributed by atoms with van der Waals surface area (Å²) >= 11 is 7.47. The summed E-state index contributed by atoms with van der Waals surface area (Å²) in [6.45, 7) is 0. The van der Waals surface area contributed by atoms with Gasteiger partial charge in [-0.3, -0.25) is 0 Å². The van der Waals surface area contributed by atoms with Gasteiger partial charge in [-0.15, -0.1) is 10.2 Å². The zero-order valence-corrected chi connectivity index (χ0v) is 9.62. The van der Waals surface area contributed by atoms with E-state index in [1.165, 1.54) is 0 Å². The third kappa shape index (κ3) is 1.83. The maximum absolute atomic E-state index is 5.37. The highest BCUT2D eigenvalue weighted by atomic mass is 79.9. The van der Waals surface area contributed by atoms with E-state index in [9.17, 15) is 0 Å². The number of hydrogen-bond donors (Lipinski definition) is 1. The Hall–Kier alpha value is -0.810. The molecule has 5 heteroatoms. The van der Waals surface area contributed by atoms with Crippen molar-refractivity contribution in [2.45, 2.75) is 5.75 Å². The zero-order valence-electron chi connectivity index (χ0n) is 7.14. The highest BCUT2D eigenvalue weighted by molar-refractivity contribution is 9.10. The number of halogens is 1. The summed E-state index contributed by atoms with van der Waals surface area (Å²) in [6, 6.07) is 7.70. The van der Waals surface area contributed by atoms with Crippen LogP contribution in [0, 0.1) is 0 Å². The molecule has 0 aliphatic heterocycles. The van der Waals surface area contributed by atoms with Crippen LogP contribution in [0.15, 0.2) is 33.2 Å². The van der Waals surface area contributed by atoms with E-state index in [4.69, 9.17) is 4.42 Å². The highest BCUT2D eigenvalue weighted by Crippen LogP contribution is 2.26. The third-order valence-corrected chi connectivity index (χ3v) is 2.67. The smallest absolute Gasteiger partial charge is 0.248 e. The highest BCUT2D eigenvalue weighted by Gasteiger charge is 2.09. The lowest BCUT2D eigenvalue weighted by Gasteiger charge is -1.96. The molecule has 1 aromatic carbocycles. The number of thiol groups is 1. The fourth-order valence-corrected chi connectivity index (χ4v) is 1.64. The minimum atomic E-state index is 0.456. The predicted molar refractivity (Wildman–Crippen MR) is 60.1 cm³/mol. The maximum atomic E-state index is 5.37. The van der Waals surface area contributed by atoms with Crippen molar-refractivity contribution >= 4 is 28.6 Å². The molecule has 0 aliphatic carbocycles. The molecule has 1 heterocycles. The van der Waals surface area contributed by atoms with Crippen LogP contribution in [0.2, 0.25) is 0 Å². The fraction of sp³-hybridized carbons (Fsp3) is 0.111. The quantitative estimate of drug-likeness (QED) is 0.853. The second-order valence-electron chi connectivity index (χ2n) is 2.64. The van der Waals surface area contributed by atoms with Crippen molar-refractivity contribution in [3.05, 3.63) is 34.6 Å². The molecule has 0 unspecified atom stereocenters. The number of nitrogens with zero attached hydrogens (tertiary/aromatic N) is 2. The Morgan fingerprint density at radius 3 is 2.71 bits per heavy atom. The van der Waals surface area contributed by atoms with Gasteiger partial charge in [0.05, 0.1) is 11.3 Å². The van der Waals surface area contributed by atoms with E-state index in [1.807, 2.05) is 24.3 Å². The summed E-state index contributed by atoms with van der Waals surface area (Å²) in [6.07, 6.45) is 0. The lowest BCUT2D eigenvalue weighted by Crippen LogP contribution is -1.78. The predicted octanol–water partition coefficient (Wildman–Crippen LogP) is 2.93. The standard InChI is InChI=1S/C9H7BrN2OS/c10-7-4-2-1-3-6(7)9-12-11-8(5-14)13-9/h1-4,14H,5H2. The number of rotatable bonds is 2. The third-order valence-electron chi connectivity index (χ3n) is 1.71. The first-order valence-corrected chi connectivity index (χ1v) is 5.42. The summed E-state index contributed by atoms with van der Waals surface area (Å²) in [4.78, 5) is 0. The van der Waals surface area contributed by atoms with E-state index in [-0.39, 0.29) is 0 Å². The van der Waals surface area contributed by atoms with Crippen LogP contribution < -0.4 is 0 Å². The molecule has 2 rings (SSSR count). The SMILES string of the molecule is SCc1nnc(-c2ccccc2Br)o1. The molecule has 0 N–H and O–H groups in total. The Balaban J connectivity index is 2.44. The summed E-state index contributed by atoms with van der Waals surface area (Å²) in [5.74, 6) is 1.50. The first-order valence-electron chi connectivity index (χ1n) is 3.99. The minimum Gasteiger partial charge on any atom is -0.420 e. The maximum Gasteiger partial charge on any atom is 0.248 e. The summed E-state index contributed by atoms with van der Waals surface area (Å²) in [7, 11) is 0. The monoisotopic (exact) mass is 270 g/mol. The molecule has 0 aliphatic rings. The van der Waals surface area contributed by atoms with Crippen LogP contribution in [-0.2, 0) is 5.75 Å². The molecule has 0 fully saturated rings. The van der Waals surface area contributed by atoms with E-state index in [0.29, 0.717) is 17.5 Å². The van der Waals surface area contributed by atoms with Crippen LogP contribution in [0.25, 0.3) is 11.5 Å². The van der Waals surface area contributed by atoms with Crippen molar-refractivity contribution in [3.63, 3.8) is 0 Å². The number of benzene rings is 1. The molecule has 1 aromatic heterocycles. The van der Waals surface area contributed by atoms with E-state index >= 15 is 0 Å². The summed E-state index contributed by atoms with van der Waals surface area (Å²) in [5.41, 5.74) is 0.896. The molecule has 0 saturated carbocycles. The van der Waals surface area contributed by atoms with Gasteiger partial charge in [0.25, 0.3) is 0 Å². The van der Waals surface area contributed by atoms with Gasteiger partial charge < -0.3 is 4.42 Å². The van der Waals surface area contributed by atoms with Crippen molar-refractivity contribution in [3.8, 4) is 11.5 Å². The first kappa shape index (κ1) is 9.73. The molecule has 0 atom stereocenters. The molecular formula is C9H7BrN2OS. The second kappa shape index (κ2) is 4.14. The van der Waals surface area contributed by atoms with Gasteiger partial charge in [0.1, 0.15) is 0 Å². The zero-order chi connectivity index (χ0) is 9.97. The normalized spacial score (nSPS) is 10.4. The molecule has 0 spiro atoms. The van der Waals surface area contributed by atoms with Gasteiger partial charge in [0, 0.05) is 4.47 Å². The van der Waals surface area contributed by atoms with Crippen LogP contribution in [0.5, 0.6) is 0 Å². The van der Waals surface area contributed by atoms with Crippen LogP contribution in [-0.4, -0.2) is 10.2 Å². The van der Waals surface area contributed by atoms with Gasteiger partial charge in [-0.05, 0) is 28.1 Å². The molecule has 14 heavy (non-hydrogen) atoms. The Morgan fingerprint density at radius 1 is 1.29 bits per heavy atom. The van der Waals surface area contributed by atoms with Crippen molar-refractivity contribution in [2.24, 2.45) is 0 Å². The van der Waals surface area contributed by atoms with Crippen LogP contribution in [0.4, 0.5) is 0 Å². The topological polar surface area (TPSA) is 38.9 Å². The minimum absolute atomic E-state index is 0.456. The molecule has 0 amide bonds. The van der Waals surface area contributed by atoms with Crippen molar-refractivity contribution in [1.82, 2.24) is 10.2 Å². The van der Waals surface area contributed by atoms with Crippen LogP contribution in [0.3, 0.4) is 0 Å². The van der Waals surface area contributed by atoms with Gasteiger partial charge in [0.15, 0.2) is 0 Å². The van der Waals surface area contributed by atoms with E-state index in [2.05, 4.69) is 38.8 Å². The van der Waals surface area contributed by atoms with Gasteiger partial charge in [-0.2, -0.15) is 12.6 Å². The largest absolute Gasteiger partial charge is 0.420 e. The summed E-state index contributed by atoms with van der Waals surface area (Å²) < 4.78 is 6.31. The van der Waals surface area contributed by atoms with Crippen molar-refractivity contribution < 1.29 is 4.42 Å². The van der Waals surface area contributed by atoms with Crippen molar-refractivity contribution in [1.29, 1.82) is 0 Å². The average molecular weight is 271 g/mol. The lowest BCUT2D eigenvalue weighted by molar-refractivity contribution is 0.528. The molecule has 2 aromatic rings. The molecule has 0 radical (unpaired) electrons. The molecular weight excluding hydrogens is 264 g/mol. The van der Waals surface area contributed by atoms with E-state index in [1.54, 1.807) is 0 Å². The molecule has 0 bridgehead atoms. The van der Waals surface area contributed by atoms with Gasteiger partial charge in [-0.25, -0.2) is 0 Å². The van der Waals surface area contributed by atoms with Gasteiger partial charge in [-0.1, -0.05) is 12.1 Å². The number of aromatic nitrogens is 2. The second-order valence-corrected chi connectivity index (χ2v) is 3.81. The Kier molecular flexibility index (Phi) is 2.88. The summed E-state index contributed by atoms with van der Waals surface area (Å²) in [5, 5.41) is 7.76. The Bertz CT molecular complexity index is 444.